The summed E-state index contributed by atoms with van der Waals surface area (Å²) in [4.78, 5) is 15.7. The summed E-state index contributed by atoms with van der Waals surface area (Å²) >= 11 is 1.81. The van der Waals surface area contributed by atoms with Crippen LogP contribution >= 0.6 is 11.3 Å². The Kier molecular flexibility index (Phi) is 6.47. The summed E-state index contributed by atoms with van der Waals surface area (Å²) in [5.74, 6) is 0.664. The molecule has 0 unspecified atom stereocenters. The summed E-state index contributed by atoms with van der Waals surface area (Å²) in [6.45, 7) is 0. The molecule has 0 saturated carbocycles. The molecular weight excluding hydrogens is 689 g/mol. The lowest BCUT2D eigenvalue weighted by Gasteiger charge is -2.12. The number of fused-ring (bicyclic) bond motifs is 11. The molecule has 12 rings (SSSR count). The third-order valence-electron chi connectivity index (χ3n) is 11.1. The molecule has 4 nitrogen and oxygen atoms in total. The number of hydrogen-bond acceptors (Lipinski definition) is 3. The van der Waals surface area contributed by atoms with Gasteiger partial charge in [0.15, 0.2) is 0 Å². The van der Waals surface area contributed by atoms with E-state index in [1.54, 1.807) is 0 Å². The zero-order chi connectivity index (χ0) is 36.0. The molecule has 55 heavy (non-hydrogen) atoms. The van der Waals surface area contributed by atoms with E-state index in [-0.39, 0.29) is 0 Å². The standard InChI is InChI=1S/C50H30N4S/c1-3-12-31(13-4-1)45-29-35-21-25-42-47(49(35)55-45)48(32-14-5-2-6-15-32)53-50(52-42)54-43-18-10-9-17-37(43)38-27-34(22-26-44(38)54)33-20-23-40-39(28-33)46-36-16-8-7-11-30(36)19-24-41(46)51-40/h1-29,51H. The number of para-hydroxylation sites is 1. The fourth-order valence-electron chi connectivity index (χ4n) is 8.57. The van der Waals surface area contributed by atoms with Crippen LogP contribution in [-0.4, -0.2) is 19.5 Å². The van der Waals surface area contributed by atoms with E-state index in [1.807, 2.05) is 11.3 Å². The minimum atomic E-state index is 0.664. The van der Waals surface area contributed by atoms with Gasteiger partial charge in [-0.15, -0.1) is 11.3 Å². The van der Waals surface area contributed by atoms with Gasteiger partial charge in [0.1, 0.15) is 0 Å². The summed E-state index contributed by atoms with van der Waals surface area (Å²) in [6.07, 6.45) is 0. The normalized spacial score (nSPS) is 12.0. The van der Waals surface area contributed by atoms with E-state index in [2.05, 4.69) is 185 Å². The first-order chi connectivity index (χ1) is 27.2. The van der Waals surface area contributed by atoms with E-state index in [0.29, 0.717) is 5.95 Å². The number of nitrogens with zero attached hydrogens (tertiary/aromatic N) is 3. The molecule has 12 aromatic rings. The van der Waals surface area contributed by atoms with Crippen LogP contribution in [0.3, 0.4) is 0 Å². The second kappa shape index (κ2) is 11.7. The molecule has 0 bridgehead atoms. The van der Waals surface area contributed by atoms with Crippen molar-refractivity contribution in [1.82, 2.24) is 19.5 Å². The molecule has 0 saturated heterocycles. The molecular formula is C50H30N4S. The number of benzene rings is 8. The second-order valence-corrected chi connectivity index (χ2v) is 15.3. The molecule has 0 spiro atoms. The molecule has 0 fully saturated rings. The number of hydrogen-bond donors (Lipinski definition) is 1. The lowest BCUT2D eigenvalue weighted by atomic mass is 9.99. The molecule has 5 heteroatoms. The van der Waals surface area contributed by atoms with E-state index in [0.717, 1.165) is 44.2 Å². The monoisotopic (exact) mass is 718 g/mol. The number of aromatic amines is 1. The lowest BCUT2D eigenvalue weighted by Crippen LogP contribution is -2.03. The summed E-state index contributed by atoms with van der Waals surface area (Å²) in [6, 6.07) is 63.1. The van der Waals surface area contributed by atoms with E-state index in [4.69, 9.17) is 9.97 Å². The van der Waals surface area contributed by atoms with Crippen LogP contribution in [0, 0.1) is 0 Å². The highest BCUT2D eigenvalue weighted by molar-refractivity contribution is 7.23. The van der Waals surface area contributed by atoms with Crippen molar-refractivity contribution in [3.05, 3.63) is 176 Å². The first-order valence-electron chi connectivity index (χ1n) is 18.6. The fraction of sp³-hybridized carbons (Fsp3) is 0. The number of rotatable bonds is 4. The molecule has 0 aliphatic carbocycles. The van der Waals surface area contributed by atoms with Crippen molar-refractivity contribution in [3.8, 4) is 38.8 Å². The molecule has 8 aromatic carbocycles. The minimum Gasteiger partial charge on any atom is -0.354 e. The SMILES string of the molecule is c1ccc(-c2cc3ccc4nc(-n5c6ccccc6c6cc(-c7ccc8[nH]c9ccc%10ccccc%10c9c8c7)ccc65)nc(-c5ccccc5)c4c3s2)cc1. The van der Waals surface area contributed by atoms with E-state index in [9.17, 15) is 0 Å². The number of aromatic nitrogens is 4. The first kappa shape index (κ1) is 30.4. The third kappa shape index (κ3) is 4.64. The Hall–Kier alpha value is -7.08. The van der Waals surface area contributed by atoms with Crippen LogP contribution in [0.4, 0.5) is 0 Å². The van der Waals surface area contributed by atoms with Crippen LogP contribution in [0.2, 0.25) is 0 Å². The van der Waals surface area contributed by atoms with Crippen molar-refractivity contribution in [2.45, 2.75) is 0 Å². The summed E-state index contributed by atoms with van der Waals surface area (Å²) < 4.78 is 3.44. The van der Waals surface area contributed by atoms with Gasteiger partial charge in [-0.3, -0.25) is 4.57 Å². The molecule has 256 valence electrons. The van der Waals surface area contributed by atoms with Crippen LogP contribution in [0.1, 0.15) is 0 Å². The Balaban J connectivity index is 1.07. The summed E-state index contributed by atoms with van der Waals surface area (Å²) in [5, 5.41) is 9.65. The van der Waals surface area contributed by atoms with Gasteiger partial charge < -0.3 is 4.98 Å². The second-order valence-electron chi connectivity index (χ2n) is 14.3. The molecule has 0 aliphatic rings. The van der Waals surface area contributed by atoms with Crippen LogP contribution in [0.5, 0.6) is 0 Å². The number of H-pyrrole nitrogens is 1. The van der Waals surface area contributed by atoms with Gasteiger partial charge >= 0.3 is 0 Å². The van der Waals surface area contributed by atoms with Gasteiger partial charge in [0, 0.05) is 53.1 Å². The fourth-order valence-corrected chi connectivity index (χ4v) is 9.78. The van der Waals surface area contributed by atoms with Crippen molar-refractivity contribution >= 4 is 86.7 Å². The smallest absolute Gasteiger partial charge is 0.235 e. The van der Waals surface area contributed by atoms with Gasteiger partial charge in [0.25, 0.3) is 0 Å². The zero-order valence-electron chi connectivity index (χ0n) is 29.5. The van der Waals surface area contributed by atoms with E-state index in [1.165, 1.54) is 64.0 Å². The predicted molar refractivity (Wildman–Crippen MR) is 232 cm³/mol. The topological polar surface area (TPSA) is 46.5 Å². The first-order valence-corrected chi connectivity index (χ1v) is 19.4. The highest BCUT2D eigenvalue weighted by Crippen LogP contribution is 2.42. The van der Waals surface area contributed by atoms with Gasteiger partial charge in [-0.05, 0) is 81.4 Å². The van der Waals surface area contributed by atoms with E-state index < -0.39 is 0 Å². The van der Waals surface area contributed by atoms with Crippen LogP contribution in [-0.2, 0) is 0 Å². The zero-order valence-corrected chi connectivity index (χ0v) is 30.3. The van der Waals surface area contributed by atoms with Crippen LogP contribution in [0.25, 0.3) is 114 Å². The molecule has 0 aliphatic heterocycles. The molecule has 1 N–H and O–H groups in total. The maximum absolute atomic E-state index is 5.46. The van der Waals surface area contributed by atoms with Crippen LogP contribution < -0.4 is 0 Å². The summed E-state index contributed by atoms with van der Waals surface area (Å²) in [5.41, 5.74) is 11.0. The number of nitrogens with one attached hydrogen (secondary N) is 1. The Morgan fingerprint density at radius 1 is 0.436 bits per heavy atom. The van der Waals surface area contributed by atoms with Gasteiger partial charge in [0.05, 0.1) is 22.2 Å². The third-order valence-corrected chi connectivity index (χ3v) is 12.3. The van der Waals surface area contributed by atoms with Crippen molar-refractivity contribution in [1.29, 1.82) is 0 Å². The minimum absolute atomic E-state index is 0.664. The number of thiophene rings is 1. The van der Waals surface area contributed by atoms with Crippen molar-refractivity contribution in [3.63, 3.8) is 0 Å². The summed E-state index contributed by atoms with van der Waals surface area (Å²) in [7, 11) is 0. The highest BCUT2D eigenvalue weighted by atomic mass is 32.1. The Labute approximate surface area is 319 Å². The predicted octanol–water partition coefficient (Wildman–Crippen LogP) is 13.7. The molecule has 4 aromatic heterocycles. The average Bonchev–Trinajstić information content (AvgIpc) is 3.96. The molecule has 4 heterocycles. The van der Waals surface area contributed by atoms with Crippen molar-refractivity contribution in [2.24, 2.45) is 0 Å². The maximum atomic E-state index is 5.46. The van der Waals surface area contributed by atoms with Gasteiger partial charge in [-0.2, -0.15) is 0 Å². The van der Waals surface area contributed by atoms with Gasteiger partial charge in [-0.1, -0.05) is 127 Å². The quantitative estimate of drug-likeness (QED) is 0.197. The van der Waals surface area contributed by atoms with E-state index >= 15 is 0 Å². The van der Waals surface area contributed by atoms with Crippen molar-refractivity contribution in [2.75, 3.05) is 0 Å². The molecule has 0 amide bonds. The largest absolute Gasteiger partial charge is 0.354 e. The molecule has 0 radical (unpaired) electrons. The Bertz CT molecular complexity index is 3480. The Morgan fingerprint density at radius 3 is 1.96 bits per heavy atom. The lowest BCUT2D eigenvalue weighted by molar-refractivity contribution is 1.01. The average molecular weight is 719 g/mol. The van der Waals surface area contributed by atoms with Crippen molar-refractivity contribution < 1.29 is 0 Å². The maximum Gasteiger partial charge on any atom is 0.235 e. The van der Waals surface area contributed by atoms with Crippen LogP contribution in [0.15, 0.2) is 176 Å². The van der Waals surface area contributed by atoms with Gasteiger partial charge in [-0.25, -0.2) is 9.97 Å². The molecule has 0 atom stereocenters. The van der Waals surface area contributed by atoms with Gasteiger partial charge in [0.2, 0.25) is 5.95 Å². The highest BCUT2D eigenvalue weighted by Gasteiger charge is 2.20. The Morgan fingerprint density at radius 2 is 1.11 bits per heavy atom.